The highest BCUT2D eigenvalue weighted by molar-refractivity contribution is 8.10. The average molecular weight is 407 g/mol. The number of benzene rings is 2. The van der Waals surface area contributed by atoms with Gasteiger partial charge in [-0.2, -0.15) is 0 Å². The van der Waals surface area contributed by atoms with Crippen LogP contribution in [0, 0.1) is 0 Å². The Morgan fingerprint density at radius 3 is 1.29 bits per heavy atom. The summed E-state index contributed by atoms with van der Waals surface area (Å²) in [6, 6.07) is 21.5. The van der Waals surface area contributed by atoms with Gasteiger partial charge in [-0.05, 0) is 38.8 Å². The van der Waals surface area contributed by atoms with E-state index in [1.165, 1.54) is 42.4 Å². The van der Waals surface area contributed by atoms with Crippen LogP contribution >= 0.6 is 23.5 Å². The first-order valence-electron chi connectivity index (χ1n) is 9.62. The molecule has 0 saturated carbocycles. The minimum atomic E-state index is 0.910. The molecule has 0 aromatic heterocycles. The highest BCUT2D eigenvalue weighted by Gasteiger charge is 2.33. The Bertz CT molecular complexity index is 879. The first-order valence-corrected chi connectivity index (χ1v) is 11.3. The molecule has 0 fully saturated rings. The van der Waals surface area contributed by atoms with Crippen molar-refractivity contribution in [2.75, 3.05) is 0 Å². The number of hydrogen-bond acceptors (Lipinski definition) is 4. The summed E-state index contributed by atoms with van der Waals surface area (Å²) in [5.41, 5.74) is 5.40. The fourth-order valence-corrected chi connectivity index (χ4v) is 5.83. The average Bonchev–Trinajstić information content (AvgIpc) is 3.14. The standard InChI is InChI=1S/C24H26N2S2/c1-17-19(3)27-23(25(17)15-21-11-7-5-8-12-21)24-26(18(2)20(4)28-24)16-22-13-9-6-10-14-22/h5-14H,15-16H2,1-4H3/b24-23+. The monoisotopic (exact) mass is 406 g/mol. The molecule has 0 saturated heterocycles. The van der Waals surface area contributed by atoms with Crippen LogP contribution in [-0.2, 0) is 13.1 Å². The van der Waals surface area contributed by atoms with Crippen molar-refractivity contribution in [1.29, 1.82) is 0 Å². The van der Waals surface area contributed by atoms with Crippen molar-refractivity contribution in [2.24, 2.45) is 0 Å². The molecule has 2 aliphatic rings. The Labute approximate surface area is 177 Å². The molecule has 2 aromatic carbocycles. The summed E-state index contributed by atoms with van der Waals surface area (Å²) in [7, 11) is 0. The molecule has 0 unspecified atom stereocenters. The van der Waals surface area contributed by atoms with E-state index in [0.717, 1.165) is 13.1 Å². The second-order valence-corrected chi connectivity index (χ2v) is 9.65. The maximum atomic E-state index is 2.49. The summed E-state index contributed by atoms with van der Waals surface area (Å²) < 4.78 is 0. The molecule has 0 bridgehead atoms. The van der Waals surface area contributed by atoms with Crippen LogP contribution in [0.5, 0.6) is 0 Å². The van der Waals surface area contributed by atoms with Crippen molar-refractivity contribution in [3.63, 3.8) is 0 Å². The lowest BCUT2D eigenvalue weighted by Gasteiger charge is -2.28. The van der Waals surface area contributed by atoms with Crippen molar-refractivity contribution >= 4 is 23.5 Å². The van der Waals surface area contributed by atoms with Gasteiger partial charge in [0.05, 0.1) is 0 Å². The molecular weight excluding hydrogens is 380 g/mol. The quantitative estimate of drug-likeness (QED) is 0.533. The normalized spacial score (nSPS) is 20.0. The van der Waals surface area contributed by atoms with Crippen LogP contribution in [0.4, 0.5) is 0 Å². The molecule has 0 atom stereocenters. The van der Waals surface area contributed by atoms with E-state index in [1.54, 1.807) is 0 Å². The van der Waals surface area contributed by atoms with Gasteiger partial charge < -0.3 is 9.80 Å². The van der Waals surface area contributed by atoms with Crippen molar-refractivity contribution < 1.29 is 0 Å². The largest absolute Gasteiger partial charge is 0.333 e. The zero-order chi connectivity index (χ0) is 19.7. The van der Waals surface area contributed by atoms with Gasteiger partial charge in [0.15, 0.2) is 0 Å². The van der Waals surface area contributed by atoms with Crippen molar-refractivity contribution in [3.8, 4) is 0 Å². The Morgan fingerprint density at radius 2 is 0.929 bits per heavy atom. The molecule has 28 heavy (non-hydrogen) atoms. The molecule has 4 rings (SSSR count). The lowest BCUT2D eigenvalue weighted by molar-refractivity contribution is 0.409. The molecular formula is C24H26N2S2. The number of hydrogen-bond donors (Lipinski definition) is 0. The van der Waals surface area contributed by atoms with E-state index in [9.17, 15) is 0 Å². The van der Waals surface area contributed by atoms with E-state index in [1.807, 2.05) is 23.5 Å². The number of thioether (sulfide) groups is 2. The minimum Gasteiger partial charge on any atom is -0.333 e. The molecule has 0 aliphatic carbocycles. The van der Waals surface area contributed by atoms with E-state index in [2.05, 4.69) is 98.2 Å². The van der Waals surface area contributed by atoms with Crippen LogP contribution in [0.15, 0.2) is 91.9 Å². The Hall–Kier alpha value is -2.04. The van der Waals surface area contributed by atoms with Crippen LogP contribution < -0.4 is 0 Å². The van der Waals surface area contributed by atoms with Gasteiger partial charge in [-0.25, -0.2) is 0 Å². The summed E-state index contributed by atoms with van der Waals surface area (Å²) in [4.78, 5) is 7.75. The molecule has 2 aliphatic heterocycles. The van der Waals surface area contributed by atoms with Crippen molar-refractivity contribution in [1.82, 2.24) is 9.80 Å². The molecule has 0 radical (unpaired) electrons. The molecule has 0 N–H and O–H groups in total. The van der Waals surface area contributed by atoms with Crippen LogP contribution in [-0.4, -0.2) is 9.80 Å². The topological polar surface area (TPSA) is 6.48 Å². The van der Waals surface area contributed by atoms with Crippen LogP contribution in [0.1, 0.15) is 38.8 Å². The van der Waals surface area contributed by atoms with E-state index in [4.69, 9.17) is 0 Å². The lowest BCUT2D eigenvalue weighted by Crippen LogP contribution is -2.22. The second-order valence-electron chi connectivity index (χ2n) is 7.24. The molecule has 2 aromatic rings. The second kappa shape index (κ2) is 8.14. The molecule has 144 valence electrons. The highest BCUT2D eigenvalue weighted by atomic mass is 32.2. The highest BCUT2D eigenvalue weighted by Crippen LogP contribution is 2.51. The lowest BCUT2D eigenvalue weighted by atomic mass is 10.2. The van der Waals surface area contributed by atoms with Gasteiger partial charge in [0, 0.05) is 34.3 Å². The van der Waals surface area contributed by atoms with Crippen LogP contribution in [0.3, 0.4) is 0 Å². The van der Waals surface area contributed by atoms with E-state index in [0.29, 0.717) is 0 Å². The van der Waals surface area contributed by atoms with Crippen LogP contribution in [0.2, 0.25) is 0 Å². The predicted octanol–water partition coefficient (Wildman–Crippen LogP) is 7.11. The first-order chi connectivity index (χ1) is 13.5. The smallest absolute Gasteiger partial charge is 0.111 e. The van der Waals surface area contributed by atoms with Crippen molar-refractivity contribution in [2.45, 2.75) is 40.8 Å². The van der Waals surface area contributed by atoms with Crippen molar-refractivity contribution in [3.05, 3.63) is 103 Å². The van der Waals surface area contributed by atoms with Gasteiger partial charge in [0.1, 0.15) is 10.1 Å². The number of allylic oxidation sites excluding steroid dienone is 4. The zero-order valence-corrected chi connectivity index (χ0v) is 18.5. The SMILES string of the molecule is CC1=C(C)N(Cc2ccccc2)/C(=C2\SC(C)=C(C)N2Cc2ccccc2)S1. The van der Waals surface area contributed by atoms with E-state index >= 15 is 0 Å². The third kappa shape index (κ3) is 3.76. The summed E-state index contributed by atoms with van der Waals surface area (Å²) in [5.74, 6) is 0. The molecule has 2 nitrogen and oxygen atoms in total. The summed E-state index contributed by atoms with van der Waals surface area (Å²) >= 11 is 3.83. The fourth-order valence-electron chi connectivity index (χ4n) is 3.46. The predicted molar refractivity (Wildman–Crippen MR) is 123 cm³/mol. The van der Waals surface area contributed by atoms with Gasteiger partial charge in [-0.15, -0.1) is 0 Å². The third-order valence-corrected chi connectivity index (χ3v) is 7.92. The Balaban J connectivity index is 1.70. The zero-order valence-electron chi connectivity index (χ0n) is 16.9. The van der Waals surface area contributed by atoms with E-state index in [-0.39, 0.29) is 0 Å². The summed E-state index contributed by atoms with van der Waals surface area (Å²) in [6.07, 6.45) is 0. The number of nitrogens with zero attached hydrogens (tertiary/aromatic N) is 2. The molecule has 0 spiro atoms. The van der Waals surface area contributed by atoms with Gasteiger partial charge >= 0.3 is 0 Å². The maximum Gasteiger partial charge on any atom is 0.111 e. The summed E-state index contributed by atoms with van der Waals surface area (Å²) in [6.45, 7) is 10.8. The Morgan fingerprint density at radius 1 is 0.571 bits per heavy atom. The molecule has 2 heterocycles. The minimum absolute atomic E-state index is 0.910. The first kappa shape index (κ1) is 19.3. The maximum absolute atomic E-state index is 2.49. The van der Waals surface area contributed by atoms with Crippen LogP contribution in [0.25, 0.3) is 0 Å². The van der Waals surface area contributed by atoms with Gasteiger partial charge in [-0.1, -0.05) is 84.2 Å². The van der Waals surface area contributed by atoms with E-state index < -0.39 is 0 Å². The number of rotatable bonds is 4. The van der Waals surface area contributed by atoms with Gasteiger partial charge in [0.2, 0.25) is 0 Å². The van der Waals surface area contributed by atoms with Gasteiger partial charge in [-0.3, -0.25) is 0 Å². The molecule has 4 heteroatoms. The molecule has 0 amide bonds. The summed E-state index contributed by atoms with van der Waals surface area (Å²) in [5, 5.41) is 2.71. The van der Waals surface area contributed by atoms with Gasteiger partial charge in [0.25, 0.3) is 0 Å². The fraction of sp³-hybridized carbons (Fsp3) is 0.250. The third-order valence-electron chi connectivity index (χ3n) is 5.37. The Kier molecular flexibility index (Phi) is 5.61.